The summed E-state index contributed by atoms with van der Waals surface area (Å²) in [7, 11) is -1.50. The maximum atomic E-state index is 11.0. The molecule has 0 aromatic heterocycles. The molecule has 0 aliphatic heterocycles. The van der Waals surface area contributed by atoms with Crippen LogP contribution in [-0.4, -0.2) is 29.7 Å². The van der Waals surface area contributed by atoms with Crippen molar-refractivity contribution in [1.82, 2.24) is 0 Å². The third kappa shape index (κ3) is 3.88. The number of hydrogen-bond acceptors (Lipinski definition) is 4. The van der Waals surface area contributed by atoms with Gasteiger partial charge in [0.25, 0.3) is 0 Å². The van der Waals surface area contributed by atoms with Crippen molar-refractivity contribution in [2.75, 3.05) is 6.61 Å². The van der Waals surface area contributed by atoms with Crippen molar-refractivity contribution in [3.05, 3.63) is 35.9 Å². The summed E-state index contributed by atoms with van der Waals surface area (Å²) in [4.78, 5) is 11.0. The minimum Gasteiger partial charge on any atom is -0.463 e. The van der Waals surface area contributed by atoms with Crippen LogP contribution in [0.5, 0.6) is 0 Å². The first-order valence-electron chi connectivity index (χ1n) is 4.94. The van der Waals surface area contributed by atoms with Crippen molar-refractivity contribution >= 4 is 24.6 Å². The van der Waals surface area contributed by atoms with Crippen LogP contribution in [0.15, 0.2) is 30.3 Å². The molecule has 1 rings (SSSR count). The maximum Gasteiger partial charge on any atom is 0.488 e. The van der Waals surface area contributed by atoms with Gasteiger partial charge in [-0.15, -0.1) is 0 Å². The Morgan fingerprint density at radius 1 is 1.50 bits per heavy atom. The van der Waals surface area contributed by atoms with E-state index in [1.165, 1.54) is 6.08 Å². The van der Waals surface area contributed by atoms with Crippen LogP contribution < -0.4 is 5.46 Å². The van der Waals surface area contributed by atoms with Gasteiger partial charge in [-0.3, -0.25) is 0 Å². The van der Waals surface area contributed by atoms with E-state index in [9.17, 15) is 4.79 Å². The molecule has 0 saturated carbocycles. The molecular weight excluding hydrogens is 207 g/mol. The number of rotatable bonds is 4. The average Bonchev–Trinajstić information content (AvgIpc) is 2.27. The molecule has 0 saturated heterocycles. The molecule has 0 fully saturated rings. The van der Waals surface area contributed by atoms with Gasteiger partial charge in [0.15, 0.2) is 0 Å². The SMILES string of the molecule is CCOC(=O)/C=C/c1cccc(B(O)O)c1. The van der Waals surface area contributed by atoms with Gasteiger partial charge < -0.3 is 14.8 Å². The van der Waals surface area contributed by atoms with E-state index in [1.807, 2.05) is 0 Å². The summed E-state index contributed by atoms with van der Waals surface area (Å²) in [6.07, 6.45) is 2.86. The second-order valence-corrected chi connectivity index (χ2v) is 3.13. The smallest absolute Gasteiger partial charge is 0.463 e. The molecule has 5 heteroatoms. The van der Waals surface area contributed by atoms with Gasteiger partial charge in [-0.05, 0) is 24.0 Å². The lowest BCUT2D eigenvalue weighted by atomic mass is 9.79. The normalized spacial score (nSPS) is 10.4. The molecule has 1 aromatic rings. The van der Waals surface area contributed by atoms with Gasteiger partial charge in [-0.2, -0.15) is 0 Å². The highest BCUT2D eigenvalue weighted by molar-refractivity contribution is 6.58. The summed E-state index contributed by atoms with van der Waals surface area (Å²) in [5.74, 6) is -0.419. The highest BCUT2D eigenvalue weighted by Crippen LogP contribution is 2.00. The van der Waals surface area contributed by atoms with Crippen LogP contribution in [0.4, 0.5) is 0 Å². The summed E-state index contributed by atoms with van der Waals surface area (Å²) in [5.41, 5.74) is 1.09. The summed E-state index contributed by atoms with van der Waals surface area (Å²) in [5, 5.41) is 17.9. The summed E-state index contributed by atoms with van der Waals surface area (Å²) < 4.78 is 4.72. The first-order valence-corrected chi connectivity index (χ1v) is 4.94. The van der Waals surface area contributed by atoms with Gasteiger partial charge in [0.2, 0.25) is 0 Å². The number of esters is 1. The Kier molecular flexibility index (Phi) is 4.76. The first kappa shape index (κ1) is 12.5. The Bertz CT molecular complexity index is 387. The van der Waals surface area contributed by atoms with Crippen LogP contribution in [-0.2, 0) is 9.53 Å². The van der Waals surface area contributed by atoms with Crippen molar-refractivity contribution < 1.29 is 19.6 Å². The number of carbonyl (C=O) groups is 1. The largest absolute Gasteiger partial charge is 0.488 e. The first-order chi connectivity index (χ1) is 7.63. The Morgan fingerprint density at radius 3 is 2.88 bits per heavy atom. The van der Waals surface area contributed by atoms with E-state index in [4.69, 9.17) is 14.8 Å². The third-order valence-corrected chi connectivity index (χ3v) is 1.91. The number of carbonyl (C=O) groups excluding carboxylic acids is 1. The zero-order valence-corrected chi connectivity index (χ0v) is 8.96. The molecule has 0 spiro atoms. The summed E-state index contributed by atoms with van der Waals surface area (Å²) >= 11 is 0. The highest BCUT2D eigenvalue weighted by Gasteiger charge is 2.09. The molecular formula is C11H13BO4. The molecule has 0 aliphatic carbocycles. The molecule has 0 aliphatic rings. The van der Waals surface area contributed by atoms with Crippen LogP contribution in [0.2, 0.25) is 0 Å². The molecule has 0 unspecified atom stereocenters. The average molecular weight is 220 g/mol. The lowest BCUT2D eigenvalue weighted by Gasteiger charge is -2.00. The molecule has 0 atom stereocenters. The molecule has 84 valence electrons. The van der Waals surface area contributed by atoms with E-state index in [2.05, 4.69) is 0 Å². The van der Waals surface area contributed by atoms with Crippen molar-refractivity contribution in [3.63, 3.8) is 0 Å². The highest BCUT2D eigenvalue weighted by atomic mass is 16.5. The maximum absolute atomic E-state index is 11.0. The topological polar surface area (TPSA) is 66.8 Å². The van der Waals surface area contributed by atoms with Gasteiger partial charge in [-0.25, -0.2) is 4.79 Å². The second-order valence-electron chi connectivity index (χ2n) is 3.13. The number of hydrogen-bond donors (Lipinski definition) is 2. The van der Waals surface area contributed by atoms with Crippen molar-refractivity contribution in [1.29, 1.82) is 0 Å². The Balaban J connectivity index is 2.74. The predicted octanol–water partition coefficient (Wildman–Crippen LogP) is -0.0573. The van der Waals surface area contributed by atoms with Crippen molar-refractivity contribution in [2.45, 2.75) is 6.92 Å². The zero-order valence-electron chi connectivity index (χ0n) is 8.96. The van der Waals surface area contributed by atoms with Gasteiger partial charge in [0.1, 0.15) is 0 Å². The van der Waals surface area contributed by atoms with E-state index in [1.54, 1.807) is 37.3 Å². The Hall–Kier alpha value is -1.59. The van der Waals surface area contributed by atoms with E-state index in [0.29, 0.717) is 17.6 Å². The van der Waals surface area contributed by atoms with E-state index in [0.717, 1.165) is 0 Å². The fraction of sp³-hybridized carbons (Fsp3) is 0.182. The van der Waals surface area contributed by atoms with Crippen molar-refractivity contribution in [3.8, 4) is 0 Å². The zero-order chi connectivity index (χ0) is 12.0. The fourth-order valence-electron chi connectivity index (χ4n) is 1.18. The fourth-order valence-corrected chi connectivity index (χ4v) is 1.18. The minimum absolute atomic E-state index is 0.332. The predicted molar refractivity (Wildman–Crippen MR) is 61.9 cm³/mol. The van der Waals surface area contributed by atoms with E-state index >= 15 is 0 Å². The van der Waals surface area contributed by atoms with Crippen LogP contribution >= 0.6 is 0 Å². The van der Waals surface area contributed by atoms with Gasteiger partial charge >= 0.3 is 13.1 Å². The lowest BCUT2D eigenvalue weighted by molar-refractivity contribution is -0.137. The lowest BCUT2D eigenvalue weighted by Crippen LogP contribution is -2.29. The molecule has 2 N–H and O–H groups in total. The van der Waals surface area contributed by atoms with E-state index in [-0.39, 0.29) is 0 Å². The monoisotopic (exact) mass is 220 g/mol. The third-order valence-electron chi connectivity index (χ3n) is 1.91. The summed E-state index contributed by atoms with van der Waals surface area (Å²) in [6, 6.07) is 6.61. The molecule has 0 amide bonds. The van der Waals surface area contributed by atoms with Crippen LogP contribution in [0.1, 0.15) is 12.5 Å². The van der Waals surface area contributed by atoms with Gasteiger partial charge in [-0.1, -0.05) is 24.3 Å². The van der Waals surface area contributed by atoms with Crippen LogP contribution in [0.25, 0.3) is 6.08 Å². The molecule has 0 bridgehead atoms. The molecule has 1 aromatic carbocycles. The molecule has 4 nitrogen and oxygen atoms in total. The number of ether oxygens (including phenoxy) is 1. The van der Waals surface area contributed by atoms with Gasteiger partial charge in [0, 0.05) is 6.08 Å². The molecule has 16 heavy (non-hydrogen) atoms. The Labute approximate surface area is 94.3 Å². The second kappa shape index (κ2) is 6.10. The molecule has 0 radical (unpaired) electrons. The van der Waals surface area contributed by atoms with Crippen LogP contribution in [0.3, 0.4) is 0 Å². The van der Waals surface area contributed by atoms with Crippen LogP contribution in [0, 0.1) is 0 Å². The summed E-state index contributed by atoms with van der Waals surface area (Å²) in [6.45, 7) is 2.06. The Morgan fingerprint density at radius 2 is 2.25 bits per heavy atom. The molecule has 0 heterocycles. The van der Waals surface area contributed by atoms with E-state index < -0.39 is 13.1 Å². The minimum atomic E-state index is -1.50. The quantitative estimate of drug-likeness (QED) is 0.424. The number of benzene rings is 1. The van der Waals surface area contributed by atoms with Crippen molar-refractivity contribution in [2.24, 2.45) is 0 Å². The standard InChI is InChI=1S/C11H13BO4/c1-2-16-11(13)7-6-9-4-3-5-10(8-9)12(14)15/h3-8,14-15H,2H2,1H3/b7-6+. The van der Waals surface area contributed by atoms with Gasteiger partial charge in [0.05, 0.1) is 6.61 Å².